The minimum absolute atomic E-state index is 0.660. The molecule has 1 unspecified atom stereocenters. The molecule has 2 rings (SSSR count). The summed E-state index contributed by atoms with van der Waals surface area (Å²) in [5.41, 5.74) is 0. The van der Waals surface area contributed by atoms with Crippen LogP contribution in [0.4, 0.5) is 0 Å². The molecular formula is C14H20ClNS. The van der Waals surface area contributed by atoms with E-state index in [1.165, 1.54) is 24.2 Å². The van der Waals surface area contributed by atoms with Gasteiger partial charge in [0.05, 0.1) is 0 Å². The van der Waals surface area contributed by atoms with Crippen LogP contribution < -0.4 is 5.32 Å². The van der Waals surface area contributed by atoms with E-state index in [-0.39, 0.29) is 0 Å². The molecule has 1 aliphatic rings. The Kier molecular flexibility index (Phi) is 5.20. The Bertz CT molecular complexity index is 335. The van der Waals surface area contributed by atoms with Crippen molar-refractivity contribution in [3.05, 3.63) is 29.3 Å². The average Bonchev–Trinajstić information content (AvgIpc) is 3.12. The van der Waals surface area contributed by atoms with Crippen LogP contribution in [0.25, 0.3) is 0 Å². The zero-order valence-corrected chi connectivity index (χ0v) is 11.9. The summed E-state index contributed by atoms with van der Waals surface area (Å²) in [6.07, 6.45) is 4.22. The first-order valence-corrected chi connectivity index (χ1v) is 7.76. The van der Waals surface area contributed by atoms with Crippen LogP contribution in [0.2, 0.25) is 5.02 Å². The van der Waals surface area contributed by atoms with E-state index >= 15 is 0 Å². The molecule has 1 fully saturated rings. The van der Waals surface area contributed by atoms with Gasteiger partial charge < -0.3 is 5.32 Å². The summed E-state index contributed by atoms with van der Waals surface area (Å²) in [4.78, 5) is 1.31. The molecule has 0 saturated heterocycles. The average molecular weight is 270 g/mol. The molecule has 0 aromatic heterocycles. The van der Waals surface area contributed by atoms with Crippen molar-refractivity contribution in [3.8, 4) is 0 Å². The molecule has 94 valence electrons. The third-order valence-electron chi connectivity index (χ3n) is 3.07. The zero-order valence-electron chi connectivity index (χ0n) is 10.3. The Morgan fingerprint density at radius 3 is 2.65 bits per heavy atom. The van der Waals surface area contributed by atoms with Gasteiger partial charge in [-0.3, -0.25) is 0 Å². The van der Waals surface area contributed by atoms with E-state index < -0.39 is 0 Å². The second-order valence-electron chi connectivity index (χ2n) is 4.70. The van der Waals surface area contributed by atoms with Crippen molar-refractivity contribution in [2.24, 2.45) is 5.92 Å². The van der Waals surface area contributed by atoms with Gasteiger partial charge in [-0.2, -0.15) is 0 Å². The molecular weight excluding hydrogens is 250 g/mol. The summed E-state index contributed by atoms with van der Waals surface area (Å²) in [5, 5.41) is 4.40. The molecule has 0 amide bonds. The van der Waals surface area contributed by atoms with E-state index in [1.54, 1.807) is 0 Å². The van der Waals surface area contributed by atoms with Gasteiger partial charge in [0, 0.05) is 21.7 Å². The summed E-state index contributed by atoms with van der Waals surface area (Å²) in [7, 11) is 0. The van der Waals surface area contributed by atoms with E-state index in [1.807, 2.05) is 23.9 Å². The molecule has 17 heavy (non-hydrogen) atoms. The van der Waals surface area contributed by atoms with Crippen LogP contribution in [0.1, 0.15) is 26.2 Å². The van der Waals surface area contributed by atoms with Crippen LogP contribution in [0.5, 0.6) is 0 Å². The fourth-order valence-corrected chi connectivity index (χ4v) is 3.08. The minimum atomic E-state index is 0.660. The highest BCUT2D eigenvalue weighted by Crippen LogP contribution is 2.34. The third-order valence-corrected chi connectivity index (χ3v) is 4.50. The lowest BCUT2D eigenvalue weighted by Gasteiger charge is -2.17. The van der Waals surface area contributed by atoms with Crippen molar-refractivity contribution in [2.45, 2.75) is 37.1 Å². The molecule has 1 nitrogen and oxygen atoms in total. The highest BCUT2D eigenvalue weighted by molar-refractivity contribution is 7.99. The maximum atomic E-state index is 5.88. The van der Waals surface area contributed by atoms with Crippen LogP contribution in [0, 0.1) is 5.92 Å². The summed E-state index contributed by atoms with van der Waals surface area (Å²) in [5.74, 6) is 2.15. The van der Waals surface area contributed by atoms with Gasteiger partial charge in [-0.25, -0.2) is 0 Å². The zero-order chi connectivity index (χ0) is 12.1. The number of benzene rings is 1. The molecule has 0 radical (unpaired) electrons. The van der Waals surface area contributed by atoms with Crippen LogP contribution in [-0.4, -0.2) is 18.3 Å². The smallest absolute Gasteiger partial charge is 0.0406 e. The highest BCUT2D eigenvalue weighted by Gasteiger charge is 2.24. The number of thioether (sulfide) groups is 1. The lowest BCUT2D eigenvalue weighted by atomic mass is 10.1. The first kappa shape index (κ1) is 13.3. The van der Waals surface area contributed by atoms with Crippen molar-refractivity contribution >= 4 is 23.4 Å². The molecule has 1 aliphatic carbocycles. The van der Waals surface area contributed by atoms with Gasteiger partial charge in [0.1, 0.15) is 0 Å². The van der Waals surface area contributed by atoms with E-state index in [9.17, 15) is 0 Å². The Hall–Kier alpha value is -0.180. The van der Waals surface area contributed by atoms with E-state index in [0.717, 1.165) is 23.2 Å². The van der Waals surface area contributed by atoms with Crippen LogP contribution >= 0.6 is 23.4 Å². The van der Waals surface area contributed by atoms with E-state index in [2.05, 4.69) is 24.4 Å². The number of hydrogen-bond donors (Lipinski definition) is 1. The predicted octanol–water partition coefficient (Wildman–Crippen LogP) is 4.21. The van der Waals surface area contributed by atoms with Gasteiger partial charge in [0.2, 0.25) is 0 Å². The largest absolute Gasteiger partial charge is 0.313 e. The quantitative estimate of drug-likeness (QED) is 0.744. The topological polar surface area (TPSA) is 12.0 Å². The van der Waals surface area contributed by atoms with E-state index in [0.29, 0.717) is 6.04 Å². The second-order valence-corrected chi connectivity index (χ2v) is 6.23. The number of hydrogen-bond acceptors (Lipinski definition) is 2. The van der Waals surface area contributed by atoms with Crippen molar-refractivity contribution < 1.29 is 0 Å². The number of halogens is 1. The Morgan fingerprint density at radius 1 is 1.35 bits per heavy atom. The minimum Gasteiger partial charge on any atom is -0.313 e. The van der Waals surface area contributed by atoms with Crippen molar-refractivity contribution in [2.75, 3.05) is 12.3 Å². The molecule has 0 aliphatic heterocycles. The van der Waals surface area contributed by atoms with Crippen molar-refractivity contribution in [1.29, 1.82) is 0 Å². The third kappa shape index (κ3) is 4.90. The molecule has 0 bridgehead atoms. The molecule has 1 saturated carbocycles. The van der Waals surface area contributed by atoms with Crippen LogP contribution in [0.15, 0.2) is 29.2 Å². The first-order valence-electron chi connectivity index (χ1n) is 6.39. The molecule has 1 atom stereocenters. The summed E-state index contributed by atoms with van der Waals surface area (Å²) in [6, 6.07) is 8.80. The van der Waals surface area contributed by atoms with E-state index in [4.69, 9.17) is 11.6 Å². The van der Waals surface area contributed by atoms with Gasteiger partial charge >= 0.3 is 0 Å². The molecule has 1 N–H and O–H groups in total. The second kappa shape index (κ2) is 6.67. The molecule has 0 spiro atoms. The summed E-state index contributed by atoms with van der Waals surface area (Å²) >= 11 is 7.81. The lowest BCUT2D eigenvalue weighted by molar-refractivity contribution is 0.508. The monoisotopic (exact) mass is 269 g/mol. The maximum Gasteiger partial charge on any atom is 0.0406 e. The lowest BCUT2D eigenvalue weighted by Crippen LogP contribution is -2.31. The molecule has 3 heteroatoms. The fourth-order valence-electron chi connectivity index (χ4n) is 1.98. The molecule has 1 aromatic rings. The predicted molar refractivity (Wildman–Crippen MR) is 77.0 cm³/mol. The van der Waals surface area contributed by atoms with Crippen LogP contribution in [-0.2, 0) is 0 Å². The van der Waals surface area contributed by atoms with Gasteiger partial charge in [0.25, 0.3) is 0 Å². The van der Waals surface area contributed by atoms with Gasteiger partial charge in [-0.15, -0.1) is 11.8 Å². The number of nitrogens with one attached hydrogen (secondary N) is 1. The number of rotatable bonds is 7. The summed E-state index contributed by atoms with van der Waals surface area (Å²) in [6.45, 7) is 3.26. The van der Waals surface area contributed by atoms with Gasteiger partial charge in [-0.1, -0.05) is 31.4 Å². The normalized spacial score (nSPS) is 17.1. The van der Waals surface area contributed by atoms with Crippen molar-refractivity contribution in [1.82, 2.24) is 5.32 Å². The Balaban J connectivity index is 1.78. The molecule has 1 aromatic carbocycles. The fraction of sp³-hybridized carbons (Fsp3) is 0.571. The maximum absolute atomic E-state index is 5.88. The van der Waals surface area contributed by atoms with Crippen LogP contribution in [0.3, 0.4) is 0 Å². The van der Waals surface area contributed by atoms with Gasteiger partial charge in [-0.05, 0) is 43.1 Å². The Labute approximate surface area is 113 Å². The SMILES string of the molecule is CCNC(CSc1ccc(Cl)cc1)CC1CC1. The summed E-state index contributed by atoms with van der Waals surface area (Å²) < 4.78 is 0. The first-order chi connectivity index (χ1) is 8.28. The van der Waals surface area contributed by atoms with Gasteiger partial charge in [0.15, 0.2) is 0 Å². The molecule has 0 heterocycles. The standard InChI is InChI=1S/C14H20ClNS/c1-2-16-13(9-11-3-4-11)10-17-14-7-5-12(15)6-8-14/h5-8,11,13,16H,2-4,9-10H2,1H3. The Morgan fingerprint density at radius 2 is 2.06 bits per heavy atom. The highest BCUT2D eigenvalue weighted by atomic mass is 35.5. The van der Waals surface area contributed by atoms with Crippen molar-refractivity contribution in [3.63, 3.8) is 0 Å².